The molecule has 17 heavy (non-hydrogen) atoms. The maximum atomic E-state index is 9.81. The van der Waals surface area contributed by atoms with Crippen LogP contribution < -0.4 is 0 Å². The Morgan fingerprint density at radius 1 is 1.41 bits per heavy atom. The second-order valence-corrected chi connectivity index (χ2v) is 5.49. The Labute approximate surface area is 112 Å². The van der Waals surface area contributed by atoms with Gasteiger partial charge in [0.1, 0.15) is 11.3 Å². The summed E-state index contributed by atoms with van der Waals surface area (Å²) in [6, 6.07) is 5.38. The third-order valence-electron chi connectivity index (χ3n) is 2.28. The van der Waals surface area contributed by atoms with Crippen molar-refractivity contribution in [2.24, 2.45) is 0 Å². The molecule has 0 amide bonds. The van der Waals surface area contributed by atoms with Gasteiger partial charge < -0.3 is 5.11 Å². The summed E-state index contributed by atoms with van der Waals surface area (Å²) in [5.74, 6) is 0. The highest BCUT2D eigenvalue weighted by Gasteiger charge is 2.20. The summed E-state index contributed by atoms with van der Waals surface area (Å²) >= 11 is 9.27. The maximum absolute atomic E-state index is 9.81. The molecule has 90 valence electrons. The van der Waals surface area contributed by atoms with Crippen molar-refractivity contribution in [3.8, 4) is 5.69 Å². The van der Waals surface area contributed by atoms with Crippen LogP contribution in [0.1, 0.15) is 19.5 Å². The summed E-state index contributed by atoms with van der Waals surface area (Å²) in [6.07, 6.45) is 1.69. The van der Waals surface area contributed by atoms with Gasteiger partial charge in [0.05, 0.1) is 11.9 Å². The van der Waals surface area contributed by atoms with Crippen molar-refractivity contribution in [1.82, 2.24) is 15.0 Å². The minimum absolute atomic E-state index is 0.513. The molecule has 0 aliphatic heterocycles. The SMILES string of the molecule is CC(C)(O)c1cn(-c2ccc(Cl)cc2Br)nn1. The molecule has 0 atom stereocenters. The van der Waals surface area contributed by atoms with Crippen molar-refractivity contribution < 1.29 is 5.11 Å². The molecule has 1 heterocycles. The summed E-state index contributed by atoms with van der Waals surface area (Å²) in [6.45, 7) is 3.33. The molecule has 0 unspecified atom stereocenters. The molecule has 0 radical (unpaired) electrons. The third-order valence-corrected chi connectivity index (χ3v) is 3.15. The number of benzene rings is 1. The van der Waals surface area contributed by atoms with E-state index < -0.39 is 5.60 Å². The zero-order chi connectivity index (χ0) is 12.6. The maximum Gasteiger partial charge on any atom is 0.114 e. The first kappa shape index (κ1) is 12.5. The van der Waals surface area contributed by atoms with Gasteiger partial charge in [0.2, 0.25) is 0 Å². The van der Waals surface area contributed by atoms with Gasteiger partial charge in [-0.25, -0.2) is 4.68 Å². The zero-order valence-corrected chi connectivity index (χ0v) is 11.7. The second-order valence-electron chi connectivity index (χ2n) is 4.20. The lowest BCUT2D eigenvalue weighted by Gasteiger charge is -2.11. The summed E-state index contributed by atoms with van der Waals surface area (Å²) in [5, 5.41) is 18.4. The van der Waals surface area contributed by atoms with Gasteiger partial charge in [-0.2, -0.15) is 0 Å². The van der Waals surface area contributed by atoms with E-state index in [0.717, 1.165) is 10.2 Å². The Morgan fingerprint density at radius 3 is 2.65 bits per heavy atom. The predicted octanol–water partition coefficient (Wildman–Crippen LogP) is 2.91. The molecular formula is C11H11BrClN3O. The van der Waals surface area contributed by atoms with Crippen LogP contribution in [-0.4, -0.2) is 20.1 Å². The minimum Gasteiger partial charge on any atom is -0.384 e. The smallest absolute Gasteiger partial charge is 0.114 e. The van der Waals surface area contributed by atoms with Gasteiger partial charge in [-0.3, -0.25) is 0 Å². The van der Waals surface area contributed by atoms with Crippen LogP contribution in [0.15, 0.2) is 28.9 Å². The fourth-order valence-corrected chi connectivity index (χ4v) is 2.19. The van der Waals surface area contributed by atoms with Crippen LogP contribution in [0.2, 0.25) is 5.02 Å². The number of halogens is 2. The summed E-state index contributed by atoms with van der Waals surface area (Å²) in [5.41, 5.74) is 0.327. The molecule has 0 bridgehead atoms. The molecule has 0 aliphatic rings. The zero-order valence-electron chi connectivity index (χ0n) is 9.35. The Morgan fingerprint density at radius 2 is 2.12 bits per heavy atom. The highest BCUT2D eigenvalue weighted by atomic mass is 79.9. The van der Waals surface area contributed by atoms with Crippen molar-refractivity contribution in [3.05, 3.63) is 39.6 Å². The van der Waals surface area contributed by atoms with Crippen LogP contribution in [0, 0.1) is 0 Å². The number of hydrogen-bond acceptors (Lipinski definition) is 3. The van der Waals surface area contributed by atoms with Crippen molar-refractivity contribution in [2.75, 3.05) is 0 Å². The fourth-order valence-electron chi connectivity index (χ4n) is 1.33. The number of aromatic nitrogens is 3. The highest BCUT2D eigenvalue weighted by Crippen LogP contribution is 2.25. The average molecular weight is 317 g/mol. The summed E-state index contributed by atoms with van der Waals surface area (Å²) in [7, 11) is 0. The average Bonchev–Trinajstić information content (AvgIpc) is 2.65. The van der Waals surface area contributed by atoms with Crippen molar-refractivity contribution >= 4 is 27.5 Å². The van der Waals surface area contributed by atoms with Gasteiger partial charge in [-0.1, -0.05) is 16.8 Å². The highest BCUT2D eigenvalue weighted by molar-refractivity contribution is 9.10. The standard InChI is InChI=1S/C11H11BrClN3O/c1-11(2,17)10-6-16(15-14-10)9-4-3-7(13)5-8(9)12/h3-6,17H,1-2H3. The van der Waals surface area contributed by atoms with Crippen LogP contribution in [0.25, 0.3) is 5.69 Å². The van der Waals surface area contributed by atoms with Gasteiger partial charge in [0.25, 0.3) is 0 Å². The molecular weight excluding hydrogens is 305 g/mol. The number of rotatable bonds is 2. The van der Waals surface area contributed by atoms with E-state index in [1.54, 1.807) is 36.9 Å². The summed E-state index contributed by atoms with van der Waals surface area (Å²) < 4.78 is 2.41. The Hall–Kier alpha value is -0.910. The topological polar surface area (TPSA) is 50.9 Å². The lowest BCUT2D eigenvalue weighted by Crippen LogP contribution is -2.15. The Balaban J connectivity index is 2.44. The molecule has 4 nitrogen and oxygen atoms in total. The molecule has 0 saturated carbocycles. The molecule has 1 aromatic carbocycles. The molecule has 0 saturated heterocycles. The Bertz CT molecular complexity index is 548. The van der Waals surface area contributed by atoms with E-state index in [1.165, 1.54) is 0 Å². The summed E-state index contributed by atoms with van der Waals surface area (Å²) in [4.78, 5) is 0. The molecule has 0 spiro atoms. The van der Waals surface area contributed by atoms with Gasteiger partial charge >= 0.3 is 0 Å². The van der Waals surface area contributed by atoms with Gasteiger partial charge in [0.15, 0.2) is 0 Å². The molecule has 1 N–H and O–H groups in total. The first-order chi connectivity index (χ1) is 7.88. The van der Waals surface area contributed by atoms with E-state index in [1.807, 2.05) is 6.07 Å². The predicted molar refractivity (Wildman–Crippen MR) is 69.3 cm³/mol. The van der Waals surface area contributed by atoms with Crippen molar-refractivity contribution in [1.29, 1.82) is 0 Å². The first-order valence-electron chi connectivity index (χ1n) is 4.98. The minimum atomic E-state index is -1.00. The van der Waals surface area contributed by atoms with E-state index in [0.29, 0.717) is 10.7 Å². The third kappa shape index (κ3) is 2.68. The quantitative estimate of drug-likeness (QED) is 0.927. The lowest BCUT2D eigenvalue weighted by molar-refractivity contribution is 0.0737. The molecule has 2 aromatic rings. The van der Waals surface area contributed by atoms with Gasteiger partial charge in [-0.15, -0.1) is 5.10 Å². The fraction of sp³-hybridized carbons (Fsp3) is 0.273. The van der Waals surface area contributed by atoms with Crippen LogP contribution in [0.3, 0.4) is 0 Å². The lowest BCUT2D eigenvalue weighted by atomic mass is 10.1. The normalized spacial score (nSPS) is 11.8. The van der Waals surface area contributed by atoms with Gasteiger partial charge in [-0.05, 0) is 48.0 Å². The number of aliphatic hydroxyl groups is 1. The second kappa shape index (κ2) is 4.40. The Kier molecular flexibility index (Phi) is 3.25. The van der Waals surface area contributed by atoms with Crippen molar-refractivity contribution in [3.63, 3.8) is 0 Å². The molecule has 2 rings (SSSR count). The van der Waals surface area contributed by atoms with Crippen molar-refractivity contribution in [2.45, 2.75) is 19.4 Å². The first-order valence-corrected chi connectivity index (χ1v) is 6.15. The van der Waals surface area contributed by atoms with E-state index in [2.05, 4.69) is 26.2 Å². The van der Waals surface area contributed by atoms with Crippen LogP contribution in [-0.2, 0) is 5.60 Å². The molecule has 0 fully saturated rings. The number of hydrogen-bond donors (Lipinski definition) is 1. The van der Waals surface area contributed by atoms with E-state index in [-0.39, 0.29) is 0 Å². The van der Waals surface area contributed by atoms with E-state index in [4.69, 9.17) is 11.6 Å². The van der Waals surface area contributed by atoms with E-state index >= 15 is 0 Å². The largest absolute Gasteiger partial charge is 0.384 e. The monoisotopic (exact) mass is 315 g/mol. The molecule has 1 aromatic heterocycles. The van der Waals surface area contributed by atoms with Crippen LogP contribution in [0.5, 0.6) is 0 Å². The van der Waals surface area contributed by atoms with Gasteiger partial charge in [0, 0.05) is 9.50 Å². The van der Waals surface area contributed by atoms with Crippen LogP contribution >= 0.6 is 27.5 Å². The molecule has 6 heteroatoms. The number of nitrogens with zero attached hydrogens (tertiary/aromatic N) is 3. The van der Waals surface area contributed by atoms with E-state index in [9.17, 15) is 5.11 Å². The van der Waals surface area contributed by atoms with Crippen LogP contribution in [0.4, 0.5) is 0 Å². The molecule has 0 aliphatic carbocycles.